The van der Waals surface area contributed by atoms with Gasteiger partial charge in [0, 0.05) is 5.56 Å². The first kappa shape index (κ1) is 14.8. The van der Waals surface area contributed by atoms with Gasteiger partial charge in [0.05, 0.1) is 0 Å². The Bertz CT molecular complexity index is 631. The Kier molecular flexibility index (Phi) is 4.85. The summed E-state index contributed by atoms with van der Waals surface area (Å²) in [5.74, 6) is 0.761. The third kappa shape index (κ3) is 3.73. The smallest absolute Gasteiger partial charge is 0.185 e. The highest BCUT2D eigenvalue weighted by atomic mass is 16.1. The molecule has 0 bridgehead atoms. The maximum atomic E-state index is 12.2. The molecule has 22 heavy (non-hydrogen) atoms. The van der Waals surface area contributed by atoms with Gasteiger partial charge in [-0.25, -0.2) is 0 Å². The molecule has 1 nitrogen and oxygen atoms in total. The maximum absolute atomic E-state index is 12.2. The first-order chi connectivity index (χ1) is 10.8. The summed E-state index contributed by atoms with van der Waals surface area (Å²) >= 11 is 0. The van der Waals surface area contributed by atoms with Crippen LogP contribution in [0.3, 0.4) is 0 Å². The molecule has 1 aliphatic carbocycles. The molecule has 2 aromatic carbocycles. The molecule has 2 aromatic rings. The lowest BCUT2D eigenvalue weighted by Crippen LogP contribution is -2.04. The molecule has 1 fully saturated rings. The topological polar surface area (TPSA) is 17.1 Å². The molecular weight excluding hydrogens is 268 g/mol. The zero-order chi connectivity index (χ0) is 15.2. The molecule has 0 aliphatic heterocycles. The van der Waals surface area contributed by atoms with Crippen LogP contribution in [0.2, 0.25) is 0 Å². The van der Waals surface area contributed by atoms with Crippen LogP contribution in [-0.4, -0.2) is 5.78 Å². The SMILES string of the molecule is O=C(/C=C/c1ccccc1)c1ccc(C2CCCCC2)cc1. The lowest BCUT2D eigenvalue weighted by Gasteiger charge is -2.21. The summed E-state index contributed by atoms with van der Waals surface area (Å²) in [6.45, 7) is 0. The molecule has 112 valence electrons. The quantitative estimate of drug-likeness (QED) is 0.527. The van der Waals surface area contributed by atoms with Crippen LogP contribution < -0.4 is 0 Å². The zero-order valence-corrected chi connectivity index (χ0v) is 12.9. The first-order valence-electron chi connectivity index (χ1n) is 8.20. The van der Waals surface area contributed by atoms with Crippen molar-refractivity contribution in [1.82, 2.24) is 0 Å². The van der Waals surface area contributed by atoms with Gasteiger partial charge in [-0.1, -0.05) is 79.9 Å². The number of hydrogen-bond acceptors (Lipinski definition) is 1. The van der Waals surface area contributed by atoms with Crippen molar-refractivity contribution in [2.75, 3.05) is 0 Å². The van der Waals surface area contributed by atoms with Crippen LogP contribution in [0.15, 0.2) is 60.7 Å². The number of carbonyl (C=O) groups is 1. The van der Waals surface area contributed by atoms with Gasteiger partial charge in [0.15, 0.2) is 5.78 Å². The third-order valence-electron chi connectivity index (χ3n) is 4.50. The molecule has 0 saturated heterocycles. The number of allylic oxidation sites excluding steroid dienone is 1. The van der Waals surface area contributed by atoms with Crippen molar-refractivity contribution in [1.29, 1.82) is 0 Å². The van der Waals surface area contributed by atoms with Crippen molar-refractivity contribution in [2.24, 2.45) is 0 Å². The van der Waals surface area contributed by atoms with Gasteiger partial charge in [0.1, 0.15) is 0 Å². The molecular formula is C21H22O. The van der Waals surface area contributed by atoms with Crippen LogP contribution >= 0.6 is 0 Å². The summed E-state index contributed by atoms with van der Waals surface area (Å²) < 4.78 is 0. The van der Waals surface area contributed by atoms with Crippen molar-refractivity contribution in [3.8, 4) is 0 Å². The number of carbonyl (C=O) groups excluding carboxylic acids is 1. The molecule has 0 heterocycles. The van der Waals surface area contributed by atoms with E-state index in [1.165, 1.54) is 37.7 Å². The Hall–Kier alpha value is -2.15. The Morgan fingerprint density at radius 2 is 1.55 bits per heavy atom. The van der Waals surface area contributed by atoms with E-state index in [0.717, 1.165) is 11.1 Å². The minimum absolute atomic E-state index is 0.0686. The molecule has 1 saturated carbocycles. The predicted octanol–water partition coefficient (Wildman–Crippen LogP) is 5.63. The fraction of sp³-hybridized carbons (Fsp3) is 0.286. The Morgan fingerprint density at radius 3 is 2.23 bits per heavy atom. The van der Waals surface area contributed by atoms with E-state index in [9.17, 15) is 4.79 Å². The molecule has 0 atom stereocenters. The Morgan fingerprint density at radius 1 is 0.864 bits per heavy atom. The minimum Gasteiger partial charge on any atom is -0.289 e. The summed E-state index contributed by atoms with van der Waals surface area (Å²) in [5, 5.41) is 0. The summed E-state index contributed by atoms with van der Waals surface area (Å²) in [6.07, 6.45) is 10.2. The molecule has 0 N–H and O–H groups in total. The fourth-order valence-corrected chi connectivity index (χ4v) is 3.19. The molecule has 0 amide bonds. The lowest BCUT2D eigenvalue weighted by atomic mass is 9.84. The Balaban J connectivity index is 1.67. The maximum Gasteiger partial charge on any atom is 0.185 e. The molecule has 0 unspecified atom stereocenters. The van der Waals surface area contributed by atoms with Crippen LogP contribution in [-0.2, 0) is 0 Å². The van der Waals surface area contributed by atoms with E-state index in [0.29, 0.717) is 5.92 Å². The van der Waals surface area contributed by atoms with Crippen molar-refractivity contribution in [3.63, 3.8) is 0 Å². The lowest BCUT2D eigenvalue weighted by molar-refractivity contribution is 0.104. The van der Waals surface area contributed by atoms with E-state index in [-0.39, 0.29) is 5.78 Å². The van der Waals surface area contributed by atoms with Gasteiger partial charge in [-0.15, -0.1) is 0 Å². The van der Waals surface area contributed by atoms with Crippen LogP contribution in [0.4, 0.5) is 0 Å². The van der Waals surface area contributed by atoms with Gasteiger partial charge >= 0.3 is 0 Å². The molecule has 0 spiro atoms. The highest BCUT2D eigenvalue weighted by molar-refractivity contribution is 6.06. The monoisotopic (exact) mass is 290 g/mol. The van der Waals surface area contributed by atoms with Gasteiger partial charge < -0.3 is 0 Å². The molecule has 0 aromatic heterocycles. The molecule has 1 aliphatic rings. The molecule has 0 radical (unpaired) electrons. The van der Waals surface area contributed by atoms with Gasteiger partial charge in [-0.05, 0) is 36.0 Å². The van der Waals surface area contributed by atoms with Crippen molar-refractivity contribution in [2.45, 2.75) is 38.0 Å². The second-order valence-electron chi connectivity index (χ2n) is 6.07. The van der Waals surface area contributed by atoms with E-state index in [1.807, 2.05) is 48.5 Å². The molecule has 1 heteroatoms. The second kappa shape index (κ2) is 7.22. The Labute approximate surface area is 132 Å². The number of rotatable bonds is 4. The van der Waals surface area contributed by atoms with Gasteiger partial charge in [-0.3, -0.25) is 4.79 Å². The van der Waals surface area contributed by atoms with Gasteiger partial charge in [0.2, 0.25) is 0 Å². The van der Waals surface area contributed by atoms with Crippen LogP contribution in [0.5, 0.6) is 0 Å². The highest BCUT2D eigenvalue weighted by Gasteiger charge is 2.15. The summed E-state index contributed by atoms with van der Waals surface area (Å²) in [5.41, 5.74) is 3.21. The standard InChI is InChI=1S/C21H22O/c22-21(16-11-17-7-3-1-4-8-17)20-14-12-19(13-15-20)18-9-5-2-6-10-18/h1,3-4,7-8,11-16,18H,2,5-6,9-10H2/b16-11+. The third-order valence-corrected chi connectivity index (χ3v) is 4.50. The number of benzene rings is 2. The van der Waals surface area contributed by atoms with E-state index in [4.69, 9.17) is 0 Å². The summed E-state index contributed by atoms with van der Waals surface area (Å²) in [4.78, 5) is 12.2. The number of ketones is 1. The molecule has 3 rings (SSSR count). The second-order valence-corrected chi connectivity index (χ2v) is 6.07. The summed E-state index contributed by atoms with van der Waals surface area (Å²) in [7, 11) is 0. The normalized spacial score (nSPS) is 16.0. The van der Waals surface area contributed by atoms with E-state index in [2.05, 4.69) is 12.1 Å². The van der Waals surface area contributed by atoms with Crippen molar-refractivity contribution in [3.05, 3.63) is 77.4 Å². The van der Waals surface area contributed by atoms with E-state index >= 15 is 0 Å². The highest BCUT2D eigenvalue weighted by Crippen LogP contribution is 2.32. The fourth-order valence-electron chi connectivity index (χ4n) is 3.19. The van der Waals surface area contributed by atoms with Gasteiger partial charge in [0.25, 0.3) is 0 Å². The van der Waals surface area contributed by atoms with Crippen LogP contribution in [0.1, 0.15) is 59.5 Å². The van der Waals surface area contributed by atoms with Crippen molar-refractivity contribution >= 4 is 11.9 Å². The van der Waals surface area contributed by atoms with Crippen LogP contribution in [0, 0.1) is 0 Å². The average molecular weight is 290 g/mol. The number of hydrogen-bond donors (Lipinski definition) is 0. The van der Waals surface area contributed by atoms with Crippen molar-refractivity contribution < 1.29 is 4.79 Å². The summed E-state index contributed by atoms with van der Waals surface area (Å²) in [6, 6.07) is 18.1. The predicted molar refractivity (Wildman–Crippen MR) is 92.1 cm³/mol. The van der Waals surface area contributed by atoms with Gasteiger partial charge in [-0.2, -0.15) is 0 Å². The average Bonchev–Trinajstić information content (AvgIpc) is 2.61. The van der Waals surface area contributed by atoms with E-state index in [1.54, 1.807) is 6.08 Å². The largest absolute Gasteiger partial charge is 0.289 e. The first-order valence-corrected chi connectivity index (χ1v) is 8.20. The minimum atomic E-state index is 0.0686. The van der Waals surface area contributed by atoms with Crippen LogP contribution in [0.25, 0.3) is 6.08 Å². The zero-order valence-electron chi connectivity index (χ0n) is 12.9. The van der Waals surface area contributed by atoms with E-state index < -0.39 is 0 Å².